The molecule has 7 heteroatoms. The summed E-state index contributed by atoms with van der Waals surface area (Å²) in [5.41, 5.74) is 1.88. The van der Waals surface area contributed by atoms with Crippen LogP contribution < -0.4 is 15.5 Å². The normalized spacial score (nSPS) is 18.2. The Labute approximate surface area is 175 Å². The molecule has 2 N–H and O–H groups in total. The Bertz CT molecular complexity index is 836. The van der Waals surface area contributed by atoms with Crippen molar-refractivity contribution in [2.45, 2.75) is 38.9 Å². The largest absolute Gasteiger partial charge is 0.416 e. The van der Waals surface area contributed by atoms with E-state index >= 15 is 0 Å². The van der Waals surface area contributed by atoms with E-state index in [2.05, 4.69) is 46.7 Å². The zero-order valence-electron chi connectivity index (χ0n) is 16.6. The van der Waals surface area contributed by atoms with Crippen molar-refractivity contribution in [3.63, 3.8) is 0 Å². The number of hydrogen-bond acceptors (Lipinski definition) is 2. The maximum Gasteiger partial charge on any atom is 0.416 e. The van der Waals surface area contributed by atoms with Gasteiger partial charge in [0.1, 0.15) is 0 Å². The van der Waals surface area contributed by atoms with Gasteiger partial charge in [-0.3, -0.25) is 0 Å². The van der Waals surface area contributed by atoms with E-state index in [1.165, 1.54) is 24.6 Å². The highest BCUT2D eigenvalue weighted by molar-refractivity contribution is 7.80. The number of benzene rings is 2. The molecule has 2 aromatic rings. The minimum absolute atomic E-state index is 0.0740. The van der Waals surface area contributed by atoms with Crippen molar-refractivity contribution < 1.29 is 13.2 Å². The van der Waals surface area contributed by atoms with E-state index in [4.69, 9.17) is 12.2 Å². The topological polar surface area (TPSA) is 27.3 Å². The van der Waals surface area contributed by atoms with Gasteiger partial charge in [0.2, 0.25) is 0 Å². The van der Waals surface area contributed by atoms with Crippen LogP contribution in [0.15, 0.2) is 48.5 Å². The predicted octanol–water partition coefficient (Wildman–Crippen LogP) is 5.99. The molecule has 0 radical (unpaired) electrons. The maximum atomic E-state index is 12.8. The lowest BCUT2D eigenvalue weighted by molar-refractivity contribution is -0.137. The van der Waals surface area contributed by atoms with Crippen molar-refractivity contribution in [3.05, 3.63) is 59.7 Å². The quantitative estimate of drug-likeness (QED) is 0.593. The van der Waals surface area contributed by atoms with E-state index < -0.39 is 11.7 Å². The highest BCUT2D eigenvalue weighted by Crippen LogP contribution is 2.30. The van der Waals surface area contributed by atoms with Gasteiger partial charge in [0.05, 0.1) is 11.6 Å². The number of hydrogen-bond donors (Lipinski definition) is 2. The molecule has 0 amide bonds. The summed E-state index contributed by atoms with van der Waals surface area (Å²) in [6.07, 6.45) is -1.88. The fourth-order valence-corrected chi connectivity index (χ4v) is 3.91. The predicted molar refractivity (Wildman–Crippen MR) is 116 cm³/mol. The van der Waals surface area contributed by atoms with Crippen molar-refractivity contribution in [2.75, 3.05) is 23.3 Å². The van der Waals surface area contributed by atoms with Crippen LogP contribution in [-0.2, 0) is 6.18 Å². The first-order valence-electron chi connectivity index (χ1n) is 9.82. The molecule has 0 spiro atoms. The lowest BCUT2D eigenvalue weighted by atomic mass is 9.99. The first kappa shape index (κ1) is 21.4. The number of piperidine rings is 1. The molecule has 1 fully saturated rings. The number of nitrogens with one attached hydrogen (secondary N) is 2. The summed E-state index contributed by atoms with van der Waals surface area (Å²) in [6, 6.07) is 13.3. The molecule has 0 aliphatic carbocycles. The summed E-state index contributed by atoms with van der Waals surface area (Å²) < 4.78 is 38.5. The molecule has 2 atom stereocenters. The van der Waals surface area contributed by atoms with Gasteiger partial charge in [-0.25, -0.2) is 0 Å². The van der Waals surface area contributed by atoms with E-state index in [0.29, 0.717) is 11.6 Å². The fourth-order valence-electron chi connectivity index (χ4n) is 3.62. The van der Waals surface area contributed by atoms with Crippen LogP contribution in [0.3, 0.4) is 0 Å². The SMILES string of the molecule is CC1CCCN(c2ccc(C(C)NC(=S)Nc3cccc(C(F)(F)F)c3)cc2)C1. The van der Waals surface area contributed by atoms with Gasteiger partial charge in [-0.05, 0) is 73.8 Å². The molecule has 1 aliphatic heterocycles. The third-order valence-electron chi connectivity index (χ3n) is 5.21. The molecule has 1 aliphatic rings. The Balaban J connectivity index is 1.58. The summed E-state index contributed by atoms with van der Waals surface area (Å²) in [7, 11) is 0. The Kier molecular flexibility index (Phi) is 6.67. The van der Waals surface area contributed by atoms with Gasteiger partial charge in [-0.1, -0.05) is 25.1 Å². The molecule has 29 heavy (non-hydrogen) atoms. The van der Waals surface area contributed by atoms with Crippen LogP contribution in [0, 0.1) is 5.92 Å². The van der Waals surface area contributed by atoms with Gasteiger partial charge < -0.3 is 15.5 Å². The first-order chi connectivity index (χ1) is 13.7. The van der Waals surface area contributed by atoms with Crippen LogP contribution in [0.5, 0.6) is 0 Å². The third kappa shape index (κ3) is 5.85. The molecular weight excluding hydrogens is 395 g/mol. The third-order valence-corrected chi connectivity index (χ3v) is 5.43. The molecular formula is C22H26F3N3S. The molecule has 0 saturated carbocycles. The summed E-state index contributed by atoms with van der Waals surface area (Å²) in [5, 5.41) is 6.25. The fraction of sp³-hybridized carbons (Fsp3) is 0.409. The van der Waals surface area contributed by atoms with Crippen LogP contribution in [0.1, 0.15) is 43.9 Å². The van der Waals surface area contributed by atoms with E-state index in [-0.39, 0.29) is 11.2 Å². The summed E-state index contributed by atoms with van der Waals surface area (Å²) in [6.45, 7) is 6.42. The summed E-state index contributed by atoms with van der Waals surface area (Å²) >= 11 is 5.28. The Morgan fingerprint density at radius 2 is 1.90 bits per heavy atom. The van der Waals surface area contributed by atoms with Gasteiger partial charge >= 0.3 is 6.18 Å². The molecule has 2 aromatic carbocycles. The highest BCUT2D eigenvalue weighted by Gasteiger charge is 2.30. The second-order valence-corrected chi connectivity index (χ2v) is 8.09. The second-order valence-electron chi connectivity index (χ2n) is 7.68. The molecule has 2 unspecified atom stereocenters. The van der Waals surface area contributed by atoms with Gasteiger partial charge in [0, 0.05) is 24.5 Å². The van der Waals surface area contributed by atoms with Crippen molar-refractivity contribution in [1.82, 2.24) is 5.32 Å². The lowest BCUT2D eigenvalue weighted by Gasteiger charge is -2.33. The van der Waals surface area contributed by atoms with Crippen molar-refractivity contribution in [2.24, 2.45) is 5.92 Å². The molecule has 1 saturated heterocycles. The van der Waals surface area contributed by atoms with Crippen LogP contribution in [0.2, 0.25) is 0 Å². The molecule has 0 aromatic heterocycles. The summed E-state index contributed by atoms with van der Waals surface area (Å²) in [5.74, 6) is 0.711. The average Bonchev–Trinajstić information content (AvgIpc) is 2.67. The molecule has 3 rings (SSSR count). The van der Waals surface area contributed by atoms with Crippen LogP contribution >= 0.6 is 12.2 Å². The Morgan fingerprint density at radius 1 is 1.17 bits per heavy atom. The van der Waals surface area contributed by atoms with Crippen molar-refractivity contribution in [1.29, 1.82) is 0 Å². The standard InChI is InChI=1S/C22H26F3N3S/c1-15-5-4-12-28(14-15)20-10-8-17(9-11-20)16(2)26-21(29)27-19-7-3-6-18(13-19)22(23,24)25/h3,6-11,13,15-16H,4-5,12,14H2,1-2H3,(H2,26,27,29). The number of nitrogens with zero attached hydrogens (tertiary/aromatic N) is 1. The van der Waals surface area contributed by atoms with E-state index in [1.807, 2.05) is 6.92 Å². The zero-order chi connectivity index (χ0) is 21.0. The molecule has 156 valence electrons. The van der Waals surface area contributed by atoms with Crippen molar-refractivity contribution in [3.8, 4) is 0 Å². The van der Waals surface area contributed by atoms with E-state index in [0.717, 1.165) is 30.8 Å². The number of alkyl halides is 3. The van der Waals surface area contributed by atoms with Gasteiger partial charge in [-0.15, -0.1) is 0 Å². The zero-order valence-corrected chi connectivity index (χ0v) is 17.4. The monoisotopic (exact) mass is 421 g/mol. The van der Waals surface area contributed by atoms with Crippen LogP contribution in [-0.4, -0.2) is 18.2 Å². The van der Waals surface area contributed by atoms with E-state index in [1.54, 1.807) is 6.07 Å². The summed E-state index contributed by atoms with van der Waals surface area (Å²) in [4.78, 5) is 2.41. The average molecular weight is 422 g/mol. The van der Waals surface area contributed by atoms with Gasteiger partial charge in [0.15, 0.2) is 5.11 Å². The minimum Gasteiger partial charge on any atom is -0.371 e. The van der Waals surface area contributed by atoms with E-state index in [9.17, 15) is 13.2 Å². The number of rotatable bonds is 4. The van der Waals surface area contributed by atoms with Crippen LogP contribution in [0.25, 0.3) is 0 Å². The molecule has 1 heterocycles. The minimum atomic E-state index is -4.38. The number of halogens is 3. The van der Waals surface area contributed by atoms with Gasteiger partial charge in [0.25, 0.3) is 0 Å². The number of anilines is 2. The first-order valence-corrected chi connectivity index (χ1v) is 10.2. The Morgan fingerprint density at radius 3 is 2.55 bits per heavy atom. The van der Waals surface area contributed by atoms with Crippen molar-refractivity contribution >= 4 is 28.7 Å². The molecule has 0 bridgehead atoms. The van der Waals surface area contributed by atoms with Crippen LogP contribution in [0.4, 0.5) is 24.5 Å². The number of thiocarbonyl (C=S) groups is 1. The Hall–Kier alpha value is -2.28. The van der Waals surface area contributed by atoms with Gasteiger partial charge in [-0.2, -0.15) is 13.2 Å². The molecule has 3 nitrogen and oxygen atoms in total. The highest BCUT2D eigenvalue weighted by atomic mass is 32.1. The smallest absolute Gasteiger partial charge is 0.371 e. The second kappa shape index (κ2) is 9.03. The maximum absolute atomic E-state index is 12.8. The lowest BCUT2D eigenvalue weighted by Crippen LogP contribution is -2.34.